The molecule has 0 spiro atoms. The van der Waals surface area contributed by atoms with Crippen LogP contribution in [-0.4, -0.2) is 60.5 Å². The van der Waals surface area contributed by atoms with Crippen LogP contribution in [0.4, 0.5) is 4.39 Å². The summed E-state index contributed by atoms with van der Waals surface area (Å²) in [5.41, 5.74) is 0.0440. The normalized spacial score (nSPS) is 17.0. The largest absolute Gasteiger partial charge is 0.459 e. The van der Waals surface area contributed by atoms with Crippen molar-refractivity contribution in [3.63, 3.8) is 0 Å². The highest BCUT2D eigenvalue weighted by molar-refractivity contribution is 5.94. The summed E-state index contributed by atoms with van der Waals surface area (Å²) >= 11 is 0. The van der Waals surface area contributed by atoms with Gasteiger partial charge in [0.05, 0.1) is 24.5 Å². The van der Waals surface area contributed by atoms with Gasteiger partial charge in [0.15, 0.2) is 5.76 Å². The summed E-state index contributed by atoms with van der Waals surface area (Å²) in [6, 6.07) is 9.26. The molecule has 0 radical (unpaired) electrons. The number of hydrogen-bond donors (Lipinski definition) is 0. The summed E-state index contributed by atoms with van der Waals surface area (Å²) in [4.78, 5) is 28.7. The van der Waals surface area contributed by atoms with Crippen molar-refractivity contribution < 1.29 is 23.1 Å². The van der Waals surface area contributed by atoms with Gasteiger partial charge in [-0.15, -0.1) is 0 Å². The van der Waals surface area contributed by atoms with Crippen molar-refractivity contribution in [3.8, 4) is 0 Å². The summed E-state index contributed by atoms with van der Waals surface area (Å²) in [6.45, 7) is 5.93. The molecule has 6 nitrogen and oxygen atoms in total. The fourth-order valence-electron chi connectivity index (χ4n) is 3.30. The monoisotopic (exact) mass is 388 g/mol. The van der Waals surface area contributed by atoms with Crippen LogP contribution in [-0.2, 0) is 4.74 Å². The van der Waals surface area contributed by atoms with Crippen LogP contribution >= 0.6 is 0 Å². The van der Waals surface area contributed by atoms with E-state index in [4.69, 9.17) is 9.15 Å². The van der Waals surface area contributed by atoms with E-state index in [0.717, 1.165) is 0 Å². The Morgan fingerprint density at radius 3 is 2.71 bits per heavy atom. The Labute approximate surface area is 163 Å². The van der Waals surface area contributed by atoms with Crippen molar-refractivity contribution in [2.45, 2.75) is 20.0 Å². The molecule has 1 atom stereocenters. The third kappa shape index (κ3) is 4.78. The minimum absolute atomic E-state index is 0.0440. The molecule has 28 heavy (non-hydrogen) atoms. The van der Waals surface area contributed by atoms with E-state index in [1.807, 2.05) is 13.8 Å². The first-order valence-electron chi connectivity index (χ1n) is 9.44. The molecule has 3 rings (SSSR count). The van der Waals surface area contributed by atoms with E-state index < -0.39 is 5.82 Å². The van der Waals surface area contributed by atoms with E-state index in [1.165, 1.54) is 18.4 Å². The number of hydrogen-bond acceptors (Lipinski definition) is 4. The van der Waals surface area contributed by atoms with E-state index >= 15 is 0 Å². The number of rotatable bonds is 6. The molecule has 1 aliphatic rings. The number of morpholine rings is 1. The summed E-state index contributed by atoms with van der Waals surface area (Å²) in [7, 11) is 0. The second-order valence-corrected chi connectivity index (χ2v) is 7.31. The molecule has 0 N–H and O–H groups in total. The predicted molar refractivity (Wildman–Crippen MR) is 101 cm³/mol. The van der Waals surface area contributed by atoms with Gasteiger partial charge in [-0.2, -0.15) is 0 Å². The van der Waals surface area contributed by atoms with E-state index in [1.54, 1.807) is 34.1 Å². The Kier molecular flexibility index (Phi) is 6.46. The highest BCUT2D eigenvalue weighted by atomic mass is 19.1. The number of nitrogens with zero attached hydrogens (tertiary/aromatic N) is 2. The van der Waals surface area contributed by atoms with Crippen molar-refractivity contribution in [3.05, 3.63) is 59.8 Å². The maximum absolute atomic E-state index is 14.1. The van der Waals surface area contributed by atoms with Crippen LogP contribution in [0.3, 0.4) is 0 Å². The van der Waals surface area contributed by atoms with Crippen LogP contribution in [0.15, 0.2) is 47.1 Å². The summed E-state index contributed by atoms with van der Waals surface area (Å²) in [5.74, 6) is -0.623. The topological polar surface area (TPSA) is 63.0 Å². The molecule has 150 valence electrons. The van der Waals surface area contributed by atoms with Crippen molar-refractivity contribution in [2.24, 2.45) is 5.92 Å². The molecule has 0 aliphatic carbocycles. The lowest BCUT2D eigenvalue weighted by Gasteiger charge is -2.36. The van der Waals surface area contributed by atoms with E-state index in [-0.39, 0.29) is 41.7 Å². The number of halogens is 1. The van der Waals surface area contributed by atoms with Gasteiger partial charge in [-0.1, -0.05) is 26.0 Å². The average Bonchev–Trinajstić information content (AvgIpc) is 3.21. The average molecular weight is 388 g/mol. The minimum atomic E-state index is -0.541. The van der Waals surface area contributed by atoms with Crippen LogP contribution in [0.2, 0.25) is 0 Å². The lowest BCUT2D eigenvalue weighted by Crippen LogP contribution is -2.51. The SMILES string of the molecule is CC(C)CN(CC1CN(C(=O)c2ccco2)CCO1)C(=O)c1ccccc1F. The van der Waals surface area contributed by atoms with Crippen molar-refractivity contribution >= 4 is 11.8 Å². The Bertz CT molecular complexity index is 806. The Balaban J connectivity index is 1.71. The van der Waals surface area contributed by atoms with E-state index in [9.17, 15) is 14.0 Å². The third-order valence-electron chi connectivity index (χ3n) is 4.56. The van der Waals surface area contributed by atoms with Gasteiger partial charge in [-0.25, -0.2) is 4.39 Å². The number of carbonyl (C=O) groups is 2. The maximum atomic E-state index is 14.1. The molecule has 2 amide bonds. The fourth-order valence-corrected chi connectivity index (χ4v) is 3.30. The zero-order chi connectivity index (χ0) is 20.1. The predicted octanol–water partition coefficient (Wildman–Crippen LogP) is 3.06. The molecule has 1 aromatic heterocycles. The van der Waals surface area contributed by atoms with Crippen molar-refractivity contribution in [2.75, 3.05) is 32.8 Å². The third-order valence-corrected chi connectivity index (χ3v) is 4.56. The van der Waals surface area contributed by atoms with Crippen LogP contribution < -0.4 is 0 Å². The number of carbonyl (C=O) groups excluding carboxylic acids is 2. The lowest BCUT2D eigenvalue weighted by atomic mass is 10.1. The number of benzene rings is 1. The van der Waals surface area contributed by atoms with E-state index in [2.05, 4.69) is 0 Å². The zero-order valence-electron chi connectivity index (χ0n) is 16.1. The Morgan fingerprint density at radius 2 is 2.04 bits per heavy atom. The Hall–Kier alpha value is -2.67. The first kappa shape index (κ1) is 20.1. The molecule has 1 aliphatic heterocycles. The van der Waals surface area contributed by atoms with Crippen LogP contribution in [0.1, 0.15) is 34.8 Å². The zero-order valence-corrected chi connectivity index (χ0v) is 16.1. The van der Waals surface area contributed by atoms with Gasteiger partial charge in [0.2, 0.25) is 0 Å². The van der Waals surface area contributed by atoms with Crippen LogP contribution in [0, 0.1) is 11.7 Å². The standard InChI is InChI=1S/C21H25FN2O4/c1-15(2)12-24(20(25)17-6-3-4-7-18(17)22)14-16-13-23(9-11-27-16)21(26)19-8-5-10-28-19/h3-8,10,15-16H,9,11-14H2,1-2H3. The van der Waals surface area contributed by atoms with Gasteiger partial charge in [-0.05, 0) is 30.2 Å². The van der Waals surface area contributed by atoms with Gasteiger partial charge in [-0.3, -0.25) is 9.59 Å². The highest BCUT2D eigenvalue weighted by Gasteiger charge is 2.30. The van der Waals surface area contributed by atoms with Crippen LogP contribution in [0.5, 0.6) is 0 Å². The van der Waals surface area contributed by atoms with Gasteiger partial charge in [0.25, 0.3) is 11.8 Å². The fraction of sp³-hybridized carbons (Fsp3) is 0.429. The quantitative estimate of drug-likeness (QED) is 0.763. The highest BCUT2D eigenvalue weighted by Crippen LogP contribution is 2.16. The van der Waals surface area contributed by atoms with Crippen molar-refractivity contribution in [1.82, 2.24) is 9.80 Å². The molecule has 1 aromatic carbocycles. The molecule has 1 fully saturated rings. The molecule has 2 heterocycles. The molecule has 0 saturated carbocycles. The lowest BCUT2D eigenvalue weighted by molar-refractivity contribution is -0.0348. The molecule has 1 unspecified atom stereocenters. The molecule has 7 heteroatoms. The molecular weight excluding hydrogens is 363 g/mol. The summed E-state index contributed by atoms with van der Waals surface area (Å²) in [5, 5.41) is 0. The molecule has 2 aromatic rings. The maximum Gasteiger partial charge on any atom is 0.289 e. The second kappa shape index (κ2) is 9.01. The molecule has 0 bridgehead atoms. The van der Waals surface area contributed by atoms with Gasteiger partial charge < -0.3 is 19.0 Å². The molecule has 1 saturated heterocycles. The first-order chi connectivity index (χ1) is 13.5. The summed E-state index contributed by atoms with van der Waals surface area (Å²) in [6.07, 6.45) is 1.12. The Morgan fingerprint density at radius 1 is 1.25 bits per heavy atom. The molecular formula is C21H25FN2O4. The summed E-state index contributed by atoms with van der Waals surface area (Å²) < 4.78 is 25.1. The first-order valence-corrected chi connectivity index (χ1v) is 9.44. The smallest absolute Gasteiger partial charge is 0.289 e. The minimum Gasteiger partial charge on any atom is -0.459 e. The number of ether oxygens (including phenoxy) is 1. The van der Waals surface area contributed by atoms with Gasteiger partial charge in [0.1, 0.15) is 5.82 Å². The van der Waals surface area contributed by atoms with Crippen molar-refractivity contribution in [1.29, 1.82) is 0 Å². The number of amides is 2. The van der Waals surface area contributed by atoms with Gasteiger partial charge >= 0.3 is 0 Å². The van der Waals surface area contributed by atoms with Crippen LogP contribution in [0.25, 0.3) is 0 Å². The second-order valence-electron chi connectivity index (χ2n) is 7.31. The number of furan rings is 1. The van der Waals surface area contributed by atoms with Gasteiger partial charge in [0, 0.05) is 26.2 Å². The van der Waals surface area contributed by atoms with E-state index in [0.29, 0.717) is 26.2 Å².